The molecule has 2 aromatic rings. The molecule has 1 N–H and O–H groups in total. The lowest BCUT2D eigenvalue weighted by atomic mass is 10.2. The van der Waals surface area contributed by atoms with Crippen LogP contribution in [0.15, 0.2) is 18.6 Å². The number of pyridine rings is 1. The van der Waals surface area contributed by atoms with Crippen molar-refractivity contribution < 1.29 is 4.74 Å². The summed E-state index contributed by atoms with van der Waals surface area (Å²) in [7, 11) is 1.80. The zero-order valence-electron chi connectivity index (χ0n) is 10.8. The van der Waals surface area contributed by atoms with Gasteiger partial charge in [0.25, 0.3) is 0 Å². The third-order valence-corrected chi connectivity index (χ3v) is 2.43. The fraction of sp³-hybridized carbons (Fsp3) is 0.417. The first-order chi connectivity index (χ1) is 8.69. The van der Waals surface area contributed by atoms with Crippen LogP contribution in [-0.4, -0.2) is 26.3 Å². The Bertz CT molecular complexity index is 523. The highest BCUT2D eigenvalue weighted by atomic mass is 16.5. The molecule has 2 rings (SSSR count). The summed E-state index contributed by atoms with van der Waals surface area (Å²) in [5.41, 5.74) is 1.90. The number of nitrogens with one attached hydrogen (secondary N) is 1. The lowest BCUT2D eigenvalue weighted by Crippen LogP contribution is -2.13. The Kier molecular flexibility index (Phi) is 3.88. The van der Waals surface area contributed by atoms with Crippen molar-refractivity contribution in [1.29, 1.82) is 0 Å². The first-order valence-electron chi connectivity index (χ1n) is 5.88. The molecule has 0 amide bonds. The molecule has 0 saturated heterocycles. The first kappa shape index (κ1) is 12.5. The fourth-order valence-corrected chi connectivity index (χ4v) is 1.52. The van der Waals surface area contributed by atoms with Crippen molar-refractivity contribution in [2.75, 3.05) is 6.54 Å². The van der Waals surface area contributed by atoms with E-state index >= 15 is 0 Å². The van der Waals surface area contributed by atoms with Gasteiger partial charge in [-0.3, -0.25) is 9.67 Å². The van der Waals surface area contributed by atoms with Crippen LogP contribution in [0.2, 0.25) is 0 Å². The van der Waals surface area contributed by atoms with E-state index in [0.717, 1.165) is 23.6 Å². The summed E-state index contributed by atoms with van der Waals surface area (Å²) < 4.78 is 7.29. The number of aromatic nitrogens is 4. The lowest BCUT2D eigenvalue weighted by Gasteiger charge is -2.09. The summed E-state index contributed by atoms with van der Waals surface area (Å²) in [4.78, 5) is 8.32. The van der Waals surface area contributed by atoms with Gasteiger partial charge in [-0.15, -0.1) is 5.10 Å². The molecule has 6 nitrogen and oxygen atoms in total. The van der Waals surface area contributed by atoms with Crippen LogP contribution < -0.4 is 10.1 Å². The molecule has 18 heavy (non-hydrogen) atoms. The first-order valence-corrected chi connectivity index (χ1v) is 5.88. The van der Waals surface area contributed by atoms with E-state index in [-0.39, 0.29) is 0 Å². The minimum absolute atomic E-state index is 0.348. The Morgan fingerprint density at radius 2 is 2.22 bits per heavy atom. The van der Waals surface area contributed by atoms with Crippen molar-refractivity contribution in [3.8, 4) is 11.8 Å². The molecule has 6 heteroatoms. The van der Waals surface area contributed by atoms with Gasteiger partial charge in [-0.05, 0) is 13.5 Å². The van der Waals surface area contributed by atoms with Crippen molar-refractivity contribution in [2.45, 2.75) is 20.4 Å². The molecule has 2 heterocycles. The van der Waals surface area contributed by atoms with Crippen LogP contribution in [0.5, 0.6) is 11.8 Å². The summed E-state index contributed by atoms with van der Waals surface area (Å²) in [6.45, 7) is 5.60. The Morgan fingerprint density at radius 1 is 1.39 bits per heavy atom. The minimum atomic E-state index is 0.348. The molecule has 0 radical (unpaired) electrons. The highest BCUT2D eigenvalue weighted by Crippen LogP contribution is 2.22. The van der Waals surface area contributed by atoms with Gasteiger partial charge in [0.05, 0.1) is 0 Å². The zero-order chi connectivity index (χ0) is 13.0. The van der Waals surface area contributed by atoms with Crippen LogP contribution in [0.1, 0.15) is 18.2 Å². The maximum Gasteiger partial charge on any atom is 0.340 e. The summed E-state index contributed by atoms with van der Waals surface area (Å²) in [5.74, 6) is 0.745. The Labute approximate surface area is 106 Å². The maximum absolute atomic E-state index is 5.69. The molecule has 0 aliphatic rings. The van der Waals surface area contributed by atoms with Crippen molar-refractivity contribution in [2.24, 2.45) is 7.05 Å². The fourth-order valence-electron chi connectivity index (χ4n) is 1.52. The smallest absolute Gasteiger partial charge is 0.340 e. The van der Waals surface area contributed by atoms with Gasteiger partial charge >= 0.3 is 6.01 Å². The third-order valence-electron chi connectivity index (χ3n) is 2.43. The number of nitrogens with zero attached hydrogens (tertiary/aromatic N) is 4. The predicted molar refractivity (Wildman–Crippen MR) is 67.4 cm³/mol. The highest BCUT2D eigenvalue weighted by molar-refractivity contribution is 5.34. The normalized spacial score (nSPS) is 10.6. The quantitative estimate of drug-likeness (QED) is 0.865. The van der Waals surface area contributed by atoms with Gasteiger partial charge in [-0.2, -0.15) is 4.98 Å². The molecule has 0 aromatic carbocycles. The molecular weight excluding hydrogens is 230 g/mol. The summed E-state index contributed by atoms with van der Waals surface area (Å²) in [6, 6.07) is 2.24. The second-order valence-corrected chi connectivity index (χ2v) is 4.02. The van der Waals surface area contributed by atoms with Crippen LogP contribution in [0, 0.1) is 6.92 Å². The van der Waals surface area contributed by atoms with Gasteiger partial charge in [0, 0.05) is 37.1 Å². The number of rotatable bonds is 5. The van der Waals surface area contributed by atoms with E-state index in [1.54, 1.807) is 18.1 Å². The van der Waals surface area contributed by atoms with E-state index in [1.807, 2.05) is 19.2 Å². The van der Waals surface area contributed by atoms with E-state index in [4.69, 9.17) is 4.74 Å². The van der Waals surface area contributed by atoms with E-state index in [9.17, 15) is 0 Å². The highest BCUT2D eigenvalue weighted by Gasteiger charge is 2.08. The van der Waals surface area contributed by atoms with Crippen molar-refractivity contribution in [3.63, 3.8) is 0 Å². The Balaban J connectivity index is 2.21. The molecule has 0 spiro atoms. The van der Waals surface area contributed by atoms with Crippen LogP contribution >= 0.6 is 0 Å². The summed E-state index contributed by atoms with van der Waals surface area (Å²) >= 11 is 0. The Hall–Kier alpha value is -1.95. The van der Waals surface area contributed by atoms with Gasteiger partial charge in [0.2, 0.25) is 0 Å². The summed E-state index contributed by atoms with van der Waals surface area (Å²) in [5, 5.41) is 7.35. The van der Waals surface area contributed by atoms with Gasteiger partial charge < -0.3 is 10.1 Å². The number of hydrogen-bond acceptors (Lipinski definition) is 5. The lowest BCUT2D eigenvalue weighted by molar-refractivity contribution is 0.430. The second kappa shape index (κ2) is 5.59. The largest absolute Gasteiger partial charge is 0.423 e. The van der Waals surface area contributed by atoms with Crippen LogP contribution in [0.3, 0.4) is 0 Å². The second-order valence-electron chi connectivity index (χ2n) is 4.02. The molecule has 0 aliphatic heterocycles. The van der Waals surface area contributed by atoms with E-state index in [1.165, 1.54) is 0 Å². The molecule has 0 unspecified atom stereocenters. The number of hydrogen-bond donors (Lipinski definition) is 1. The van der Waals surface area contributed by atoms with Gasteiger partial charge in [0.15, 0.2) is 0 Å². The van der Waals surface area contributed by atoms with Crippen LogP contribution in [0.4, 0.5) is 0 Å². The van der Waals surface area contributed by atoms with Crippen molar-refractivity contribution >= 4 is 0 Å². The number of ether oxygens (including phenoxy) is 1. The van der Waals surface area contributed by atoms with Gasteiger partial charge in [-0.25, -0.2) is 0 Å². The van der Waals surface area contributed by atoms with E-state index in [0.29, 0.717) is 12.6 Å². The molecule has 96 valence electrons. The van der Waals surface area contributed by atoms with E-state index < -0.39 is 0 Å². The molecule has 0 fully saturated rings. The summed E-state index contributed by atoms with van der Waals surface area (Å²) in [6.07, 6.45) is 3.42. The molecule has 0 saturated carbocycles. The Morgan fingerprint density at radius 3 is 2.89 bits per heavy atom. The third kappa shape index (κ3) is 3.04. The topological polar surface area (TPSA) is 64.9 Å². The van der Waals surface area contributed by atoms with Crippen LogP contribution in [0.25, 0.3) is 0 Å². The number of aryl methyl sites for hydroxylation is 2. The molecule has 2 aromatic heterocycles. The zero-order valence-corrected chi connectivity index (χ0v) is 10.8. The molecule has 0 aliphatic carbocycles. The van der Waals surface area contributed by atoms with Crippen LogP contribution in [-0.2, 0) is 13.6 Å². The molecular formula is C12H17N5O. The molecule has 0 atom stereocenters. The van der Waals surface area contributed by atoms with Crippen molar-refractivity contribution in [3.05, 3.63) is 29.8 Å². The minimum Gasteiger partial charge on any atom is -0.423 e. The van der Waals surface area contributed by atoms with Crippen molar-refractivity contribution in [1.82, 2.24) is 25.1 Å². The maximum atomic E-state index is 5.69. The van der Waals surface area contributed by atoms with E-state index in [2.05, 4.69) is 27.3 Å². The van der Waals surface area contributed by atoms with Gasteiger partial charge in [0.1, 0.15) is 12.1 Å². The van der Waals surface area contributed by atoms with Gasteiger partial charge in [-0.1, -0.05) is 6.92 Å². The monoisotopic (exact) mass is 247 g/mol. The SMILES string of the molecule is CCNCc1cnc(C)cc1Oc1ncn(C)n1. The standard InChI is InChI=1S/C12H17N5O/c1-4-13-6-10-7-14-9(2)5-11(10)18-12-15-8-17(3)16-12/h5,7-8,13H,4,6H2,1-3H3. The molecule has 0 bridgehead atoms. The average Bonchev–Trinajstić information content (AvgIpc) is 2.74. The predicted octanol–water partition coefficient (Wildman–Crippen LogP) is 1.42. The average molecular weight is 247 g/mol.